The van der Waals surface area contributed by atoms with Gasteiger partial charge < -0.3 is 9.97 Å². The maximum atomic E-state index is 13.8. The van der Waals surface area contributed by atoms with Crippen molar-refractivity contribution in [2.45, 2.75) is 6.92 Å². The number of aromatic nitrogens is 3. The average molecular weight is 628 g/mol. The SMILES string of the molecule is Cc1cc(-c2[c-]ccc(F)c2F)ncc1-c1ccccn1.[Ir].[c-]1ccccc1-c1ccccn1. The molecule has 0 aliphatic heterocycles. The molecular formula is C28H19F2IrN3-2. The van der Waals surface area contributed by atoms with Crippen LogP contribution in [-0.4, -0.2) is 15.0 Å². The number of aryl methyl sites for hydroxylation is 1. The van der Waals surface area contributed by atoms with Crippen LogP contribution in [0.1, 0.15) is 5.56 Å². The number of hydrogen-bond donors (Lipinski definition) is 0. The molecule has 6 heteroatoms. The second-order valence-corrected chi connectivity index (χ2v) is 7.11. The molecule has 0 atom stereocenters. The summed E-state index contributed by atoms with van der Waals surface area (Å²) in [6, 6.07) is 29.2. The molecule has 0 aliphatic rings. The molecule has 5 rings (SSSR count). The van der Waals surface area contributed by atoms with Gasteiger partial charge >= 0.3 is 0 Å². The first-order valence-electron chi connectivity index (χ1n) is 10.3. The second kappa shape index (κ2) is 12.0. The largest absolute Gasteiger partial charge is 0.305 e. The third kappa shape index (κ3) is 6.04. The van der Waals surface area contributed by atoms with Crippen molar-refractivity contribution in [1.82, 2.24) is 15.0 Å². The first kappa shape index (κ1) is 25.0. The Morgan fingerprint density at radius 3 is 2.03 bits per heavy atom. The molecule has 0 N–H and O–H groups in total. The maximum absolute atomic E-state index is 13.8. The van der Waals surface area contributed by atoms with Crippen molar-refractivity contribution in [2.75, 3.05) is 0 Å². The third-order valence-corrected chi connectivity index (χ3v) is 4.84. The van der Waals surface area contributed by atoms with Gasteiger partial charge in [0.05, 0.1) is 17.3 Å². The standard InChI is InChI=1S/C17H11F2N2.C11H8N.Ir/c1-11-9-16(12-5-4-6-14(18)17(12)19)21-10-13(11)15-7-2-3-8-20-15;1-2-6-10(7-3-1)11-8-4-5-9-12-11;/h2-4,6-10H,1H3;1-6,8-9H;/q2*-1;. The fraction of sp³-hybridized carbons (Fsp3) is 0.0357. The summed E-state index contributed by atoms with van der Waals surface area (Å²) in [5.41, 5.74) is 4.93. The van der Waals surface area contributed by atoms with Crippen molar-refractivity contribution < 1.29 is 28.9 Å². The summed E-state index contributed by atoms with van der Waals surface area (Å²) < 4.78 is 27.1. The van der Waals surface area contributed by atoms with Crippen LogP contribution >= 0.6 is 0 Å². The number of nitrogens with zero attached hydrogens (tertiary/aromatic N) is 3. The van der Waals surface area contributed by atoms with Crippen LogP contribution in [0.3, 0.4) is 0 Å². The van der Waals surface area contributed by atoms with Gasteiger partial charge in [0.15, 0.2) is 0 Å². The zero-order chi connectivity index (χ0) is 23.0. The molecular weight excluding hydrogens is 609 g/mol. The van der Waals surface area contributed by atoms with Gasteiger partial charge in [0.1, 0.15) is 0 Å². The quantitative estimate of drug-likeness (QED) is 0.208. The fourth-order valence-electron chi connectivity index (χ4n) is 3.20. The first-order chi connectivity index (χ1) is 16.1. The van der Waals surface area contributed by atoms with Gasteiger partial charge in [-0.3, -0.25) is 9.37 Å². The Morgan fingerprint density at radius 2 is 1.41 bits per heavy atom. The van der Waals surface area contributed by atoms with Crippen LogP contribution < -0.4 is 0 Å². The van der Waals surface area contributed by atoms with Crippen LogP contribution in [0, 0.1) is 30.7 Å². The predicted octanol–water partition coefficient (Wildman–Crippen LogP) is 6.74. The van der Waals surface area contributed by atoms with Crippen molar-refractivity contribution in [2.24, 2.45) is 0 Å². The van der Waals surface area contributed by atoms with Gasteiger partial charge in [-0.2, -0.15) is 0 Å². The summed E-state index contributed by atoms with van der Waals surface area (Å²) in [5.74, 6) is -1.84. The fourth-order valence-corrected chi connectivity index (χ4v) is 3.20. The minimum atomic E-state index is -0.935. The average Bonchev–Trinajstić information content (AvgIpc) is 2.88. The van der Waals surface area contributed by atoms with E-state index in [-0.39, 0.29) is 25.7 Å². The van der Waals surface area contributed by atoms with Gasteiger partial charge in [0.25, 0.3) is 0 Å². The van der Waals surface area contributed by atoms with Crippen LogP contribution in [0.4, 0.5) is 8.78 Å². The minimum absolute atomic E-state index is 0. The van der Waals surface area contributed by atoms with E-state index in [0.717, 1.165) is 34.1 Å². The number of halogens is 2. The molecule has 0 aliphatic carbocycles. The molecule has 0 spiro atoms. The molecule has 0 unspecified atom stereocenters. The second-order valence-electron chi connectivity index (χ2n) is 7.11. The van der Waals surface area contributed by atoms with Crippen LogP contribution in [0.5, 0.6) is 0 Å². The van der Waals surface area contributed by atoms with Gasteiger partial charge in [0, 0.05) is 44.3 Å². The van der Waals surface area contributed by atoms with Gasteiger partial charge in [-0.15, -0.1) is 54.1 Å². The third-order valence-electron chi connectivity index (χ3n) is 4.84. The molecule has 2 aromatic carbocycles. The number of hydrogen-bond acceptors (Lipinski definition) is 3. The molecule has 3 aromatic heterocycles. The van der Waals surface area contributed by atoms with E-state index in [1.54, 1.807) is 24.7 Å². The smallest absolute Gasteiger partial charge is 0.0765 e. The van der Waals surface area contributed by atoms with Gasteiger partial charge in [-0.05, 0) is 42.1 Å². The van der Waals surface area contributed by atoms with Crippen LogP contribution in [0.2, 0.25) is 0 Å². The van der Waals surface area contributed by atoms with Crippen molar-refractivity contribution in [3.05, 3.63) is 127 Å². The molecule has 3 heterocycles. The Morgan fingerprint density at radius 1 is 0.706 bits per heavy atom. The number of pyridine rings is 3. The van der Waals surface area contributed by atoms with E-state index in [0.29, 0.717) is 5.69 Å². The first-order valence-corrected chi connectivity index (χ1v) is 10.3. The molecule has 0 saturated heterocycles. The zero-order valence-corrected chi connectivity index (χ0v) is 20.6. The molecule has 171 valence electrons. The summed E-state index contributed by atoms with van der Waals surface area (Å²) in [6.45, 7) is 1.88. The molecule has 0 fully saturated rings. The summed E-state index contributed by atoms with van der Waals surface area (Å²) >= 11 is 0. The monoisotopic (exact) mass is 628 g/mol. The van der Waals surface area contributed by atoms with Gasteiger partial charge in [-0.1, -0.05) is 29.8 Å². The summed E-state index contributed by atoms with van der Waals surface area (Å²) in [5, 5.41) is 0. The molecule has 5 aromatic rings. The normalized spacial score (nSPS) is 9.97. The minimum Gasteiger partial charge on any atom is -0.305 e. The molecule has 0 saturated carbocycles. The zero-order valence-electron chi connectivity index (χ0n) is 18.2. The Balaban J connectivity index is 0.000000212. The number of rotatable bonds is 3. The van der Waals surface area contributed by atoms with Gasteiger partial charge in [0.2, 0.25) is 0 Å². The van der Waals surface area contributed by atoms with E-state index >= 15 is 0 Å². The van der Waals surface area contributed by atoms with Crippen molar-refractivity contribution in [1.29, 1.82) is 0 Å². The van der Waals surface area contributed by atoms with E-state index in [1.807, 2.05) is 67.6 Å². The van der Waals surface area contributed by atoms with E-state index in [9.17, 15) is 8.78 Å². The summed E-state index contributed by atoms with van der Waals surface area (Å²) in [7, 11) is 0. The molecule has 0 amide bonds. The van der Waals surface area contributed by atoms with Crippen molar-refractivity contribution >= 4 is 0 Å². The molecule has 1 radical (unpaired) electrons. The van der Waals surface area contributed by atoms with E-state index in [4.69, 9.17) is 0 Å². The van der Waals surface area contributed by atoms with Crippen molar-refractivity contribution in [3.8, 4) is 33.8 Å². The van der Waals surface area contributed by atoms with Crippen LogP contribution in [0.25, 0.3) is 33.8 Å². The summed E-state index contributed by atoms with van der Waals surface area (Å²) in [4.78, 5) is 12.7. The summed E-state index contributed by atoms with van der Waals surface area (Å²) in [6.07, 6.45) is 5.10. The Hall–Kier alpha value is -3.60. The number of benzene rings is 2. The molecule has 3 nitrogen and oxygen atoms in total. The molecule has 0 bridgehead atoms. The Kier molecular flexibility index (Phi) is 8.86. The Labute approximate surface area is 210 Å². The van der Waals surface area contributed by atoms with Gasteiger partial charge in [-0.25, -0.2) is 4.39 Å². The maximum Gasteiger partial charge on any atom is 0.0765 e. The van der Waals surface area contributed by atoms with E-state index < -0.39 is 11.6 Å². The Bertz CT molecular complexity index is 1290. The topological polar surface area (TPSA) is 38.7 Å². The van der Waals surface area contributed by atoms with Crippen molar-refractivity contribution in [3.63, 3.8) is 0 Å². The molecule has 34 heavy (non-hydrogen) atoms. The van der Waals surface area contributed by atoms with E-state index in [2.05, 4.69) is 27.1 Å². The predicted molar refractivity (Wildman–Crippen MR) is 125 cm³/mol. The van der Waals surface area contributed by atoms with Crippen LogP contribution in [0.15, 0.2) is 97.5 Å². The van der Waals surface area contributed by atoms with Crippen LogP contribution in [-0.2, 0) is 20.1 Å². The van der Waals surface area contributed by atoms with E-state index in [1.165, 1.54) is 6.07 Å².